The number of rotatable bonds is 6. The van der Waals surface area contributed by atoms with Gasteiger partial charge >= 0.3 is 5.97 Å². The van der Waals surface area contributed by atoms with Gasteiger partial charge in [-0.05, 0) is 55.5 Å². The van der Waals surface area contributed by atoms with Crippen molar-refractivity contribution in [3.05, 3.63) is 103 Å². The van der Waals surface area contributed by atoms with Gasteiger partial charge in [0.1, 0.15) is 0 Å². The van der Waals surface area contributed by atoms with Crippen molar-refractivity contribution in [2.45, 2.75) is 6.92 Å². The van der Waals surface area contributed by atoms with Crippen molar-refractivity contribution in [3.63, 3.8) is 0 Å². The number of azo groups is 2. The monoisotopic (exact) mass is 473 g/mol. The highest BCUT2D eigenvalue weighted by atomic mass is 16.5. The second kappa shape index (κ2) is 10.1. The molecule has 7 nitrogen and oxygen atoms in total. The van der Waals surface area contributed by atoms with E-state index in [1.165, 1.54) is 0 Å². The van der Waals surface area contributed by atoms with Crippen LogP contribution in [0.5, 0.6) is 0 Å². The van der Waals surface area contributed by atoms with Crippen LogP contribution in [0.25, 0.3) is 21.5 Å². The molecule has 0 unspecified atom stereocenters. The number of fused-ring (bicyclic) bond motifs is 2. The maximum atomic E-state index is 11.8. The lowest BCUT2D eigenvalue weighted by atomic mass is 10.1. The molecule has 36 heavy (non-hydrogen) atoms. The van der Waals surface area contributed by atoms with Crippen molar-refractivity contribution in [2.75, 3.05) is 12.3 Å². The largest absolute Gasteiger partial charge is 0.462 e. The molecule has 5 aromatic carbocycles. The summed E-state index contributed by atoms with van der Waals surface area (Å²) in [6, 6.07) is 30.0. The first-order valence-electron chi connectivity index (χ1n) is 11.5. The van der Waals surface area contributed by atoms with Crippen molar-refractivity contribution >= 4 is 56.0 Å². The SMILES string of the molecule is CCOC(=O)c1ccc(/N=N/c2ccc(/N=N/c3ccc(N)c4ccccc34)c3ccccc23)cc1. The van der Waals surface area contributed by atoms with E-state index in [9.17, 15) is 4.79 Å². The molecule has 5 rings (SSSR count). The van der Waals surface area contributed by atoms with Crippen molar-refractivity contribution < 1.29 is 9.53 Å². The molecule has 0 saturated heterocycles. The Bertz CT molecular complexity index is 1630. The third-order valence-corrected chi connectivity index (χ3v) is 5.73. The third-order valence-electron chi connectivity index (χ3n) is 5.73. The fraction of sp³-hybridized carbons (Fsp3) is 0.0690. The number of hydrogen-bond acceptors (Lipinski definition) is 7. The van der Waals surface area contributed by atoms with Crippen LogP contribution in [0.1, 0.15) is 17.3 Å². The van der Waals surface area contributed by atoms with Crippen molar-refractivity contribution in [3.8, 4) is 0 Å². The van der Waals surface area contributed by atoms with Crippen LogP contribution >= 0.6 is 0 Å². The van der Waals surface area contributed by atoms with Crippen LogP contribution in [0.3, 0.4) is 0 Å². The van der Waals surface area contributed by atoms with E-state index in [-0.39, 0.29) is 5.97 Å². The van der Waals surface area contributed by atoms with Crippen molar-refractivity contribution in [1.82, 2.24) is 0 Å². The number of nitrogens with zero attached hydrogens (tertiary/aromatic N) is 4. The Morgan fingerprint density at radius 3 is 1.67 bits per heavy atom. The molecule has 0 spiro atoms. The molecule has 0 radical (unpaired) electrons. The second-order valence-corrected chi connectivity index (χ2v) is 8.04. The minimum absolute atomic E-state index is 0.333. The van der Waals surface area contributed by atoms with Gasteiger partial charge < -0.3 is 10.5 Å². The van der Waals surface area contributed by atoms with Crippen LogP contribution < -0.4 is 5.73 Å². The topological polar surface area (TPSA) is 102 Å². The Kier molecular flexibility index (Phi) is 6.44. The first-order chi connectivity index (χ1) is 17.6. The molecular formula is C29H23N5O2. The standard InChI is InChI=1S/C29H23N5O2/c1-2-36-29(35)19-11-13-20(14-12-19)31-32-27-17-18-28(24-10-6-5-9-23(24)27)34-33-26-16-15-25(30)21-7-3-4-8-22(21)26/h3-18H,2,30H2,1H3/b32-31+,34-33+. The number of anilines is 1. The van der Waals surface area contributed by atoms with E-state index in [1.807, 2.05) is 72.8 Å². The molecular weight excluding hydrogens is 450 g/mol. The molecule has 0 saturated carbocycles. The molecule has 5 aromatic rings. The molecule has 0 fully saturated rings. The number of carbonyl (C=O) groups is 1. The molecule has 0 amide bonds. The maximum absolute atomic E-state index is 11.8. The van der Waals surface area contributed by atoms with Gasteiger partial charge in [-0.3, -0.25) is 0 Å². The summed E-state index contributed by atoms with van der Waals surface area (Å²) in [5.74, 6) is -0.358. The van der Waals surface area contributed by atoms with E-state index < -0.39 is 0 Å². The maximum Gasteiger partial charge on any atom is 0.338 e. The summed E-state index contributed by atoms with van der Waals surface area (Å²) in [7, 11) is 0. The third kappa shape index (κ3) is 4.67. The molecule has 176 valence electrons. The van der Waals surface area contributed by atoms with E-state index >= 15 is 0 Å². The van der Waals surface area contributed by atoms with E-state index in [4.69, 9.17) is 10.5 Å². The average molecular weight is 474 g/mol. The molecule has 0 aromatic heterocycles. The zero-order valence-electron chi connectivity index (χ0n) is 19.6. The second-order valence-electron chi connectivity index (χ2n) is 8.04. The highest BCUT2D eigenvalue weighted by molar-refractivity contribution is 6.01. The summed E-state index contributed by atoms with van der Waals surface area (Å²) < 4.78 is 5.02. The number of nitrogen functional groups attached to an aromatic ring is 1. The molecule has 0 aliphatic carbocycles. The van der Waals surface area contributed by atoms with Gasteiger partial charge in [0.15, 0.2) is 0 Å². The van der Waals surface area contributed by atoms with Crippen LogP contribution in [-0.4, -0.2) is 12.6 Å². The quantitative estimate of drug-likeness (QED) is 0.152. The number of benzene rings is 5. The number of ether oxygens (including phenoxy) is 1. The Balaban J connectivity index is 1.45. The van der Waals surface area contributed by atoms with E-state index in [0.717, 1.165) is 32.9 Å². The van der Waals surface area contributed by atoms with E-state index in [1.54, 1.807) is 31.2 Å². The van der Waals surface area contributed by atoms with Crippen LogP contribution in [0.15, 0.2) is 118 Å². The smallest absolute Gasteiger partial charge is 0.338 e. The van der Waals surface area contributed by atoms with Crippen LogP contribution in [-0.2, 0) is 4.74 Å². The van der Waals surface area contributed by atoms with Gasteiger partial charge in [-0.1, -0.05) is 48.5 Å². The minimum Gasteiger partial charge on any atom is -0.462 e. The Labute approximate surface area is 208 Å². The van der Waals surface area contributed by atoms with Gasteiger partial charge in [0.25, 0.3) is 0 Å². The van der Waals surface area contributed by atoms with Crippen LogP contribution in [0.4, 0.5) is 28.4 Å². The molecule has 0 aliphatic rings. The zero-order valence-corrected chi connectivity index (χ0v) is 19.6. The summed E-state index contributed by atoms with van der Waals surface area (Å²) in [6.45, 7) is 2.11. The van der Waals surface area contributed by atoms with Gasteiger partial charge in [-0.25, -0.2) is 4.79 Å². The summed E-state index contributed by atoms with van der Waals surface area (Å²) >= 11 is 0. The zero-order chi connectivity index (χ0) is 24.9. The predicted molar refractivity (Wildman–Crippen MR) is 143 cm³/mol. The molecule has 0 heterocycles. The van der Waals surface area contributed by atoms with Crippen molar-refractivity contribution in [2.24, 2.45) is 20.5 Å². The first kappa shape index (κ1) is 22.9. The van der Waals surface area contributed by atoms with Gasteiger partial charge in [0.2, 0.25) is 0 Å². The van der Waals surface area contributed by atoms with E-state index in [0.29, 0.717) is 29.2 Å². The Morgan fingerprint density at radius 1 is 0.639 bits per heavy atom. The highest BCUT2D eigenvalue weighted by Crippen LogP contribution is 2.36. The summed E-state index contributed by atoms with van der Waals surface area (Å²) in [6.07, 6.45) is 0. The molecule has 0 atom stereocenters. The summed E-state index contributed by atoms with van der Waals surface area (Å²) in [5.41, 5.74) is 10.1. The lowest BCUT2D eigenvalue weighted by molar-refractivity contribution is 0.0526. The Hall–Kier alpha value is -4.91. The highest BCUT2D eigenvalue weighted by Gasteiger charge is 2.08. The first-order valence-corrected chi connectivity index (χ1v) is 11.5. The van der Waals surface area contributed by atoms with Gasteiger partial charge in [0.05, 0.1) is 34.9 Å². The Morgan fingerprint density at radius 2 is 1.11 bits per heavy atom. The molecule has 0 aliphatic heterocycles. The number of carbonyl (C=O) groups excluding carboxylic acids is 1. The molecule has 7 heteroatoms. The fourth-order valence-corrected chi connectivity index (χ4v) is 3.93. The lowest BCUT2D eigenvalue weighted by Crippen LogP contribution is -2.03. The number of esters is 1. The summed E-state index contributed by atoms with van der Waals surface area (Å²) in [4.78, 5) is 11.8. The molecule has 2 N–H and O–H groups in total. The normalized spacial score (nSPS) is 11.6. The van der Waals surface area contributed by atoms with Crippen molar-refractivity contribution in [1.29, 1.82) is 0 Å². The fourth-order valence-electron chi connectivity index (χ4n) is 3.93. The van der Waals surface area contributed by atoms with Crippen LogP contribution in [0.2, 0.25) is 0 Å². The molecule has 0 bridgehead atoms. The van der Waals surface area contributed by atoms with Crippen LogP contribution in [0, 0.1) is 0 Å². The van der Waals surface area contributed by atoms with Gasteiger partial charge in [-0.15, -0.1) is 15.3 Å². The number of hydrogen-bond donors (Lipinski definition) is 1. The summed E-state index contributed by atoms with van der Waals surface area (Å²) in [5, 5.41) is 21.6. The lowest BCUT2D eigenvalue weighted by Gasteiger charge is -2.06. The number of nitrogens with two attached hydrogens (primary N) is 1. The van der Waals surface area contributed by atoms with Gasteiger partial charge in [0, 0.05) is 27.2 Å². The predicted octanol–water partition coefficient (Wildman–Crippen LogP) is 8.58. The average Bonchev–Trinajstić information content (AvgIpc) is 2.92. The minimum atomic E-state index is -0.358. The van der Waals surface area contributed by atoms with E-state index in [2.05, 4.69) is 20.5 Å². The van der Waals surface area contributed by atoms with Gasteiger partial charge in [-0.2, -0.15) is 5.11 Å².